The van der Waals surface area contributed by atoms with Crippen LogP contribution in [0.4, 0.5) is 0 Å². The zero-order valence-corrected chi connectivity index (χ0v) is 16.5. The maximum Gasteiger partial charge on any atom is 0.296 e. The number of carbonyl (C=O) groups excluding carboxylic acids is 1. The Bertz CT molecular complexity index is 383. The molecule has 3 unspecified atom stereocenters. The molecule has 0 spiro atoms. The summed E-state index contributed by atoms with van der Waals surface area (Å²) in [6.45, 7) is 6.75. The molecule has 2 bridgehead atoms. The van der Waals surface area contributed by atoms with Gasteiger partial charge in [-0.1, -0.05) is 71.4 Å². The fraction of sp³-hybridized carbons (Fsp3) is 0.850. The molecule has 3 heteroatoms. The van der Waals surface area contributed by atoms with Gasteiger partial charge in [0.2, 0.25) is 0 Å². The van der Waals surface area contributed by atoms with E-state index in [4.69, 9.17) is 4.43 Å². The lowest BCUT2D eigenvalue weighted by Crippen LogP contribution is -2.42. The van der Waals surface area contributed by atoms with Gasteiger partial charge in [0.1, 0.15) is 0 Å². The lowest BCUT2D eigenvalue weighted by Gasteiger charge is -2.33. The van der Waals surface area contributed by atoms with Crippen molar-refractivity contribution in [3.63, 3.8) is 0 Å². The predicted molar refractivity (Wildman–Crippen MR) is 99.8 cm³/mol. The molecule has 0 heterocycles. The van der Waals surface area contributed by atoms with Crippen LogP contribution in [-0.2, 0) is 9.22 Å². The van der Waals surface area contributed by atoms with Gasteiger partial charge in [-0.2, -0.15) is 0 Å². The number of fused-ring (bicyclic) bond motifs is 2. The summed E-state index contributed by atoms with van der Waals surface area (Å²) in [6.07, 6.45) is 14.1. The highest BCUT2D eigenvalue weighted by molar-refractivity contribution is 6.75. The smallest absolute Gasteiger partial charge is 0.296 e. The molecule has 132 valence electrons. The van der Waals surface area contributed by atoms with Crippen molar-refractivity contribution >= 4 is 14.3 Å². The first kappa shape index (κ1) is 18.8. The Kier molecular flexibility index (Phi) is 7.38. The predicted octanol–water partition coefficient (Wildman–Crippen LogP) is 6.09. The van der Waals surface area contributed by atoms with Crippen LogP contribution in [0, 0.1) is 17.8 Å². The minimum absolute atomic E-state index is 0.164. The molecule has 0 N–H and O–H groups in total. The maximum absolute atomic E-state index is 12.9. The highest BCUT2D eigenvalue weighted by Gasteiger charge is 2.44. The summed E-state index contributed by atoms with van der Waals surface area (Å²) in [7, 11) is -1.89. The Morgan fingerprint density at radius 1 is 0.957 bits per heavy atom. The molecule has 2 aliphatic carbocycles. The Labute approximate surface area is 144 Å². The van der Waals surface area contributed by atoms with Crippen molar-refractivity contribution in [3.8, 4) is 0 Å². The third kappa shape index (κ3) is 4.95. The Morgan fingerprint density at radius 3 is 1.91 bits per heavy atom. The third-order valence-corrected chi connectivity index (χ3v) is 10.3. The second-order valence-electron chi connectivity index (χ2n) is 7.80. The molecule has 0 aromatic heterocycles. The molecule has 1 fully saturated rings. The van der Waals surface area contributed by atoms with Crippen LogP contribution in [0.25, 0.3) is 0 Å². The molecule has 0 radical (unpaired) electrons. The first-order valence-corrected chi connectivity index (χ1v) is 12.6. The van der Waals surface area contributed by atoms with Crippen molar-refractivity contribution in [2.75, 3.05) is 0 Å². The van der Waals surface area contributed by atoms with Gasteiger partial charge in [-0.15, -0.1) is 0 Å². The van der Waals surface area contributed by atoms with Crippen molar-refractivity contribution in [2.24, 2.45) is 17.8 Å². The van der Waals surface area contributed by atoms with Gasteiger partial charge in [0.25, 0.3) is 14.3 Å². The van der Waals surface area contributed by atoms with E-state index in [1.54, 1.807) is 0 Å². The van der Waals surface area contributed by atoms with Crippen LogP contribution in [0.3, 0.4) is 0 Å². The molecule has 23 heavy (non-hydrogen) atoms. The van der Waals surface area contributed by atoms with Crippen molar-refractivity contribution in [1.29, 1.82) is 0 Å². The number of unbranched alkanes of at least 4 members (excludes halogenated alkanes) is 3. The summed E-state index contributed by atoms with van der Waals surface area (Å²) in [5.41, 5.74) is 0. The molecule has 1 saturated carbocycles. The van der Waals surface area contributed by atoms with Gasteiger partial charge in [0.05, 0.1) is 5.92 Å². The zero-order valence-electron chi connectivity index (χ0n) is 15.5. The zero-order chi connectivity index (χ0) is 16.7. The van der Waals surface area contributed by atoms with Crippen LogP contribution < -0.4 is 0 Å². The van der Waals surface area contributed by atoms with Crippen LogP contribution in [0.15, 0.2) is 12.2 Å². The highest BCUT2D eigenvalue weighted by Crippen LogP contribution is 2.44. The van der Waals surface area contributed by atoms with E-state index >= 15 is 0 Å². The number of carbonyl (C=O) groups is 1. The SMILES string of the molecule is CCCC[Si](CCCC)(CCCC)OC(=O)C1CC2C=CC1C2. The van der Waals surface area contributed by atoms with Gasteiger partial charge < -0.3 is 4.43 Å². The average Bonchev–Trinajstić information content (AvgIpc) is 3.19. The monoisotopic (exact) mass is 336 g/mol. The van der Waals surface area contributed by atoms with E-state index in [1.807, 2.05) is 0 Å². The van der Waals surface area contributed by atoms with Crippen LogP contribution in [-0.4, -0.2) is 14.3 Å². The van der Waals surface area contributed by atoms with Gasteiger partial charge in [-0.3, -0.25) is 4.79 Å². The van der Waals surface area contributed by atoms with E-state index in [9.17, 15) is 4.79 Å². The molecule has 2 rings (SSSR count). The van der Waals surface area contributed by atoms with Crippen LogP contribution >= 0.6 is 0 Å². The normalized spacial score (nSPS) is 26.0. The molecule has 3 atom stereocenters. The van der Waals surface area contributed by atoms with E-state index in [1.165, 1.54) is 63.1 Å². The topological polar surface area (TPSA) is 26.3 Å². The van der Waals surface area contributed by atoms with Gasteiger partial charge in [0, 0.05) is 0 Å². The summed E-state index contributed by atoms with van der Waals surface area (Å²) >= 11 is 0. The fourth-order valence-electron chi connectivity index (χ4n) is 4.37. The van der Waals surface area contributed by atoms with Crippen molar-refractivity contribution < 1.29 is 9.22 Å². The van der Waals surface area contributed by atoms with Crippen molar-refractivity contribution in [1.82, 2.24) is 0 Å². The Morgan fingerprint density at radius 2 is 1.52 bits per heavy atom. The van der Waals surface area contributed by atoms with Gasteiger partial charge >= 0.3 is 0 Å². The lowest BCUT2D eigenvalue weighted by molar-refractivity contribution is -0.140. The average molecular weight is 337 g/mol. The van der Waals surface area contributed by atoms with Crippen molar-refractivity contribution in [2.45, 2.75) is 90.3 Å². The molecule has 0 aromatic carbocycles. The number of rotatable bonds is 11. The van der Waals surface area contributed by atoms with Gasteiger partial charge in [-0.05, 0) is 42.8 Å². The van der Waals surface area contributed by atoms with Crippen LogP contribution in [0.1, 0.15) is 72.1 Å². The Balaban J connectivity index is 2.03. The van der Waals surface area contributed by atoms with E-state index < -0.39 is 8.32 Å². The minimum Gasteiger partial charge on any atom is -0.519 e. The first-order valence-electron chi connectivity index (χ1n) is 10.0. The molecule has 0 aliphatic heterocycles. The summed E-state index contributed by atoms with van der Waals surface area (Å²) in [4.78, 5) is 12.9. The molecule has 2 aliphatic rings. The minimum atomic E-state index is -1.89. The largest absolute Gasteiger partial charge is 0.519 e. The van der Waals surface area contributed by atoms with Crippen molar-refractivity contribution in [3.05, 3.63) is 12.2 Å². The standard InChI is InChI=1S/C20H36O2Si/c1-4-7-12-23(13-8-5-2,14-9-6-3)22-20(21)19-16-17-10-11-18(19)15-17/h10-11,17-19H,4-9,12-16H2,1-3H3. The van der Waals surface area contributed by atoms with E-state index in [0.717, 1.165) is 6.42 Å². The summed E-state index contributed by atoms with van der Waals surface area (Å²) in [5.74, 6) is 1.46. The Hall–Kier alpha value is -0.573. The van der Waals surface area contributed by atoms with E-state index in [0.29, 0.717) is 11.8 Å². The quantitative estimate of drug-likeness (QED) is 0.337. The lowest BCUT2D eigenvalue weighted by atomic mass is 9.94. The molecular weight excluding hydrogens is 300 g/mol. The first-order chi connectivity index (χ1) is 11.1. The van der Waals surface area contributed by atoms with Gasteiger partial charge in [0.15, 0.2) is 0 Å². The number of allylic oxidation sites excluding steroid dienone is 2. The number of hydrogen-bond acceptors (Lipinski definition) is 2. The van der Waals surface area contributed by atoms with Crippen LogP contribution in [0.5, 0.6) is 0 Å². The number of hydrogen-bond donors (Lipinski definition) is 0. The molecule has 2 nitrogen and oxygen atoms in total. The van der Waals surface area contributed by atoms with E-state index in [-0.39, 0.29) is 11.9 Å². The maximum atomic E-state index is 12.9. The molecule has 0 amide bonds. The van der Waals surface area contributed by atoms with Gasteiger partial charge in [-0.25, -0.2) is 0 Å². The van der Waals surface area contributed by atoms with Crippen LogP contribution in [0.2, 0.25) is 18.1 Å². The van der Waals surface area contributed by atoms with E-state index in [2.05, 4.69) is 32.9 Å². The highest BCUT2D eigenvalue weighted by atomic mass is 28.4. The molecule has 0 aromatic rings. The third-order valence-electron chi connectivity index (χ3n) is 5.86. The molecule has 0 saturated heterocycles. The second kappa shape index (κ2) is 9.05. The summed E-state index contributed by atoms with van der Waals surface area (Å²) in [5, 5.41) is 0. The summed E-state index contributed by atoms with van der Waals surface area (Å²) < 4.78 is 6.45. The fourth-order valence-corrected chi connectivity index (χ4v) is 8.99. The molecular formula is C20H36O2Si. The summed E-state index contributed by atoms with van der Waals surface area (Å²) in [6, 6.07) is 3.56. The second-order valence-corrected chi connectivity index (χ2v) is 11.9.